The number of alkyl halides is 2. The fourth-order valence-corrected chi connectivity index (χ4v) is 6.57. The third-order valence-electron chi connectivity index (χ3n) is 9.22. The summed E-state index contributed by atoms with van der Waals surface area (Å²) < 4.78 is 49.8. The van der Waals surface area contributed by atoms with Gasteiger partial charge in [0.2, 0.25) is 11.8 Å². The highest BCUT2D eigenvalue weighted by atomic mass is 19.3. The molecule has 2 fully saturated rings. The van der Waals surface area contributed by atoms with Crippen LogP contribution in [-0.2, 0) is 29.8 Å². The summed E-state index contributed by atoms with van der Waals surface area (Å²) >= 11 is 0. The quantitative estimate of drug-likeness (QED) is 0.269. The summed E-state index contributed by atoms with van der Waals surface area (Å²) in [5.74, 6) is -7.17. The Kier molecular flexibility index (Phi) is 9.56. The van der Waals surface area contributed by atoms with Crippen molar-refractivity contribution in [2.24, 2.45) is 23.2 Å². The van der Waals surface area contributed by atoms with E-state index in [1.807, 2.05) is 33.8 Å². The fourth-order valence-electron chi connectivity index (χ4n) is 6.57. The number of benzene rings is 1. The van der Waals surface area contributed by atoms with Crippen molar-refractivity contribution in [3.63, 3.8) is 0 Å². The third-order valence-corrected chi connectivity index (χ3v) is 9.22. The lowest BCUT2D eigenvalue weighted by Crippen LogP contribution is -2.50. The molecule has 48 heavy (non-hydrogen) atoms. The number of ether oxygens (including phenoxy) is 3. The number of nitrogens with zero attached hydrogens (tertiary/aromatic N) is 4. The van der Waals surface area contributed by atoms with Crippen LogP contribution >= 0.6 is 0 Å². The van der Waals surface area contributed by atoms with Crippen molar-refractivity contribution in [1.82, 2.24) is 14.9 Å². The van der Waals surface area contributed by atoms with Crippen molar-refractivity contribution in [3.8, 4) is 11.9 Å². The second-order valence-electron chi connectivity index (χ2n) is 15.1. The molecule has 1 aliphatic carbocycles. The molecule has 1 aromatic heterocycles. The standard InChI is InChI=1S/C36H44F2N4O6/c1-8-22-27-19-42(29(22)33(45)48-35(5,6)7)32(44)23(34(2,3)4)17-28(43)46-26-16-21(26)11-9-10-14-36(37,38)30-31(47-27)41-25-15-20(18-39)12-13-24(25)40-30/h10,12-15,21-23,26-27,29H,8-9,11,16-17,19H2,1-7H3/b14-10+/t21-,22-,23-,26-,27+,29+/m1/s1. The minimum absolute atomic E-state index is 0.0322. The van der Waals surface area contributed by atoms with Crippen LogP contribution in [0.1, 0.15) is 91.8 Å². The fraction of sp³-hybridized carbons (Fsp3) is 0.611. The number of carbonyl (C=O) groups excluding carboxylic acids is 3. The van der Waals surface area contributed by atoms with Crippen molar-refractivity contribution in [2.75, 3.05) is 6.54 Å². The number of allylic oxidation sites excluding steroid dienone is 2. The van der Waals surface area contributed by atoms with Gasteiger partial charge in [0, 0.05) is 5.92 Å². The molecule has 1 saturated carbocycles. The number of esters is 2. The smallest absolute Gasteiger partial charge is 0.329 e. The van der Waals surface area contributed by atoms with Gasteiger partial charge >= 0.3 is 17.9 Å². The van der Waals surface area contributed by atoms with Crippen molar-refractivity contribution in [3.05, 3.63) is 41.6 Å². The maximum atomic E-state index is 16.0. The zero-order valence-electron chi connectivity index (χ0n) is 28.6. The molecule has 1 aromatic carbocycles. The maximum Gasteiger partial charge on any atom is 0.329 e. The first-order valence-corrected chi connectivity index (χ1v) is 16.6. The van der Waals surface area contributed by atoms with E-state index >= 15 is 8.78 Å². The third kappa shape index (κ3) is 7.61. The number of rotatable bonds is 2. The Hall–Kier alpha value is -4.14. The zero-order chi connectivity index (χ0) is 35.2. The molecule has 2 bridgehead atoms. The number of aromatic nitrogens is 2. The molecule has 0 radical (unpaired) electrons. The van der Waals surface area contributed by atoms with Crippen LogP contribution in [0.4, 0.5) is 8.78 Å². The molecular weight excluding hydrogens is 622 g/mol. The molecule has 258 valence electrons. The molecular formula is C36H44F2N4O6. The first kappa shape index (κ1) is 35.2. The molecule has 3 aliphatic rings. The molecule has 1 amide bonds. The minimum atomic E-state index is -3.59. The lowest BCUT2D eigenvalue weighted by molar-refractivity contribution is -0.167. The monoisotopic (exact) mass is 666 g/mol. The molecule has 2 aromatic rings. The van der Waals surface area contributed by atoms with E-state index < -0.39 is 70.3 Å². The Morgan fingerprint density at radius 1 is 1.10 bits per heavy atom. The van der Waals surface area contributed by atoms with Crippen LogP contribution in [0.25, 0.3) is 11.0 Å². The summed E-state index contributed by atoms with van der Waals surface area (Å²) in [4.78, 5) is 51.6. The molecule has 0 unspecified atom stereocenters. The first-order chi connectivity index (χ1) is 22.4. The number of fused-ring (bicyclic) bond motifs is 5. The summed E-state index contributed by atoms with van der Waals surface area (Å²) in [6.45, 7) is 12.4. The number of amides is 1. The predicted octanol–water partition coefficient (Wildman–Crippen LogP) is 6.25. The normalized spacial score (nSPS) is 28.5. The molecule has 10 nitrogen and oxygen atoms in total. The molecule has 6 atom stereocenters. The first-order valence-electron chi connectivity index (χ1n) is 16.6. The average Bonchev–Trinajstić information content (AvgIpc) is 3.61. The van der Waals surface area contributed by atoms with Gasteiger partial charge in [-0.25, -0.2) is 14.8 Å². The number of hydrogen-bond donors (Lipinski definition) is 0. The second kappa shape index (κ2) is 13.1. The van der Waals surface area contributed by atoms with E-state index in [1.54, 1.807) is 20.8 Å². The molecule has 3 heterocycles. The van der Waals surface area contributed by atoms with E-state index in [0.29, 0.717) is 25.7 Å². The molecule has 5 rings (SSSR count). The van der Waals surface area contributed by atoms with Gasteiger partial charge in [0.05, 0.1) is 41.5 Å². The number of halogens is 2. The Bertz CT molecular complexity index is 1660. The molecule has 0 N–H and O–H groups in total. The largest absolute Gasteiger partial charge is 0.471 e. The van der Waals surface area contributed by atoms with Gasteiger partial charge < -0.3 is 19.1 Å². The van der Waals surface area contributed by atoms with Crippen molar-refractivity contribution in [2.45, 2.75) is 110 Å². The highest BCUT2D eigenvalue weighted by molar-refractivity contribution is 5.90. The Morgan fingerprint density at radius 3 is 2.48 bits per heavy atom. The molecule has 12 heteroatoms. The van der Waals surface area contributed by atoms with Gasteiger partial charge in [-0.3, -0.25) is 9.59 Å². The topological polar surface area (TPSA) is 132 Å². The van der Waals surface area contributed by atoms with Gasteiger partial charge in [0.15, 0.2) is 5.69 Å². The summed E-state index contributed by atoms with van der Waals surface area (Å²) in [7, 11) is 0. The SMILES string of the molecule is CC[C@@H]1[C@@H]2CN(C(=O)[C@H](C(C)(C)C)CC(=O)O[C@@H]3C[C@H]3CC/C=C/C(F)(F)c3nc4ccc(C#N)cc4nc3O2)[C@@H]1C(=O)OC(C)(C)C. The molecule has 1 saturated heterocycles. The minimum Gasteiger partial charge on any atom is -0.471 e. The van der Waals surface area contributed by atoms with Gasteiger partial charge in [-0.2, -0.15) is 14.0 Å². The summed E-state index contributed by atoms with van der Waals surface area (Å²) in [6, 6.07) is 5.27. The zero-order valence-corrected chi connectivity index (χ0v) is 28.6. The Morgan fingerprint density at radius 2 is 1.83 bits per heavy atom. The van der Waals surface area contributed by atoms with E-state index in [-0.39, 0.29) is 41.6 Å². The Balaban J connectivity index is 1.64. The summed E-state index contributed by atoms with van der Waals surface area (Å²) in [6.07, 6.45) is 2.50. The van der Waals surface area contributed by atoms with Crippen LogP contribution in [0.15, 0.2) is 30.4 Å². The van der Waals surface area contributed by atoms with Gasteiger partial charge in [0.25, 0.3) is 0 Å². The summed E-state index contributed by atoms with van der Waals surface area (Å²) in [5.41, 5.74) is -1.68. The van der Waals surface area contributed by atoms with E-state index in [2.05, 4.69) is 9.97 Å². The van der Waals surface area contributed by atoms with E-state index in [0.717, 1.165) is 6.08 Å². The van der Waals surface area contributed by atoms with Crippen LogP contribution < -0.4 is 4.74 Å². The lowest BCUT2D eigenvalue weighted by Gasteiger charge is -2.35. The predicted molar refractivity (Wildman–Crippen MR) is 172 cm³/mol. The highest BCUT2D eigenvalue weighted by Gasteiger charge is 2.53. The van der Waals surface area contributed by atoms with Crippen LogP contribution in [0.5, 0.6) is 5.88 Å². The van der Waals surface area contributed by atoms with Crippen molar-refractivity contribution in [1.29, 1.82) is 5.26 Å². The van der Waals surface area contributed by atoms with Crippen LogP contribution in [0.3, 0.4) is 0 Å². The van der Waals surface area contributed by atoms with E-state index in [1.165, 1.54) is 29.2 Å². The highest BCUT2D eigenvalue weighted by Crippen LogP contribution is 2.43. The van der Waals surface area contributed by atoms with E-state index in [4.69, 9.17) is 14.2 Å². The van der Waals surface area contributed by atoms with Gasteiger partial charge in [-0.1, -0.05) is 33.8 Å². The average molecular weight is 667 g/mol. The summed E-state index contributed by atoms with van der Waals surface area (Å²) in [5, 5.41) is 9.44. The van der Waals surface area contributed by atoms with Gasteiger partial charge in [-0.05, 0) is 82.1 Å². The van der Waals surface area contributed by atoms with Crippen LogP contribution in [0.2, 0.25) is 0 Å². The number of carbonyl (C=O) groups is 3. The van der Waals surface area contributed by atoms with Crippen molar-refractivity contribution < 1.29 is 37.4 Å². The Labute approximate surface area is 279 Å². The van der Waals surface area contributed by atoms with Crippen LogP contribution in [0, 0.1) is 34.5 Å². The second-order valence-corrected chi connectivity index (χ2v) is 15.1. The molecule has 2 aliphatic heterocycles. The number of hydrogen-bond acceptors (Lipinski definition) is 9. The van der Waals surface area contributed by atoms with Crippen molar-refractivity contribution >= 4 is 28.9 Å². The lowest BCUT2D eigenvalue weighted by atomic mass is 9.77. The van der Waals surface area contributed by atoms with E-state index in [9.17, 15) is 19.6 Å². The molecule has 0 spiro atoms. The van der Waals surface area contributed by atoms with Gasteiger partial charge in [0.1, 0.15) is 23.9 Å². The van der Waals surface area contributed by atoms with Gasteiger partial charge in [-0.15, -0.1) is 0 Å². The number of nitriles is 1. The van der Waals surface area contributed by atoms with Crippen LogP contribution in [-0.4, -0.2) is 63.1 Å². The maximum absolute atomic E-state index is 16.0.